The summed E-state index contributed by atoms with van der Waals surface area (Å²) in [6.45, 7) is 1.81. The number of fused-ring (bicyclic) bond motifs is 1. The van der Waals surface area contributed by atoms with Crippen molar-refractivity contribution in [2.75, 3.05) is 52.2 Å². The lowest BCUT2D eigenvalue weighted by molar-refractivity contribution is -0.146. The second kappa shape index (κ2) is 46.1. The number of nitrogens with two attached hydrogens (primary N) is 3. The van der Waals surface area contributed by atoms with Gasteiger partial charge in [0.15, 0.2) is 5.96 Å². The number of nitrogen functional groups attached to an aromatic ring is 1. The van der Waals surface area contributed by atoms with E-state index in [1.54, 1.807) is 60.7 Å². The number of carbonyl (C=O) groups is 13. The number of pyridine rings is 1. The van der Waals surface area contributed by atoms with Gasteiger partial charge in [-0.1, -0.05) is 104 Å². The molecule has 0 spiro atoms. The number of primary amides is 1. The number of amides is 13. The second-order valence-electron chi connectivity index (χ2n) is 28.8. The number of phenolic OH excluding ortho intramolecular Hbond substituents is 1. The van der Waals surface area contributed by atoms with Gasteiger partial charge in [0, 0.05) is 108 Å². The number of unbranched alkanes of at least 4 members (excludes halogenated alkanes) is 2. The van der Waals surface area contributed by atoms with Crippen molar-refractivity contribution in [3.05, 3.63) is 173 Å². The molecule has 0 bridgehead atoms. The number of aromatic nitrogens is 1. The topological polar surface area (TPSA) is 531 Å². The molecule has 13 amide bonds. The van der Waals surface area contributed by atoms with Crippen LogP contribution in [-0.4, -0.2) is 220 Å². The number of aliphatic hydroxyl groups excluding tert-OH is 1. The number of likely N-dealkylation sites (N-methyl/N-ethyl adjacent to an activating group) is 2. The molecule has 20 N–H and O–H groups in total. The summed E-state index contributed by atoms with van der Waals surface area (Å²) in [5.74, 6) is -10.6. The molecule has 0 unspecified atom stereocenters. The zero-order valence-electron chi connectivity index (χ0n) is 65.9. The Balaban J connectivity index is 1.15. The smallest absolute Gasteiger partial charge is 0.247 e. The van der Waals surface area contributed by atoms with Crippen LogP contribution in [0.25, 0.3) is 10.8 Å². The van der Waals surface area contributed by atoms with Crippen molar-refractivity contribution in [1.29, 1.82) is 10.8 Å². The Hall–Kier alpha value is -12.6. The Kier molecular flexibility index (Phi) is 36.1. The maximum Gasteiger partial charge on any atom is 0.247 e. The number of carbonyl (C=O) groups excluding carboxylic acids is 13. The van der Waals surface area contributed by atoms with E-state index in [0.717, 1.165) is 20.6 Å². The highest BCUT2D eigenvalue weighted by atomic mass is 35.5. The van der Waals surface area contributed by atoms with Gasteiger partial charge >= 0.3 is 0 Å². The lowest BCUT2D eigenvalue weighted by atomic mass is 9.99. The first-order valence-electron chi connectivity index (χ1n) is 38.7. The molecule has 1 aromatic heterocycles. The minimum Gasteiger partial charge on any atom is -0.508 e. The summed E-state index contributed by atoms with van der Waals surface area (Å²) >= 11 is 6.26. The second-order valence-corrected chi connectivity index (χ2v) is 29.2. The van der Waals surface area contributed by atoms with Gasteiger partial charge in [0.25, 0.3) is 0 Å². The Labute approximate surface area is 683 Å². The molecule has 117 heavy (non-hydrogen) atoms. The van der Waals surface area contributed by atoms with Crippen molar-refractivity contribution in [3.63, 3.8) is 0 Å². The predicted molar refractivity (Wildman–Crippen MR) is 438 cm³/mol. The summed E-state index contributed by atoms with van der Waals surface area (Å²) in [5, 5.41) is 66.2. The molecule has 1 saturated heterocycles. The number of nitrogens with zero attached hydrogens (tertiary/aromatic N) is 4. The van der Waals surface area contributed by atoms with Gasteiger partial charge in [0.2, 0.25) is 76.8 Å². The molecular weight excluding hydrogens is 1530 g/mol. The highest BCUT2D eigenvalue weighted by Crippen LogP contribution is 2.24. The van der Waals surface area contributed by atoms with Gasteiger partial charge in [0.1, 0.15) is 66.0 Å². The average molecular weight is 1630 g/mol. The van der Waals surface area contributed by atoms with Crippen molar-refractivity contribution < 1.29 is 72.5 Å². The Morgan fingerprint density at radius 3 is 1.72 bits per heavy atom. The lowest BCUT2D eigenvalue weighted by Gasteiger charge is -2.33. The third-order valence-corrected chi connectivity index (χ3v) is 19.9. The number of likely N-dealkylation sites (tertiary alicyclic amines) is 1. The van der Waals surface area contributed by atoms with Crippen molar-refractivity contribution in [2.24, 2.45) is 17.2 Å². The summed E-state index contributed by atoms with van der Waals surface area (Å²) in [4.78, 5) is 191. The molecule has 1 aliphatic heterocycles. The summed E-state index contributed by atoms with van der Waals surface area (Å²) in [5.41, 5.74) is 19.4. The van der Waals surface area contributed by atoms with Crippen LogP contribution in [0.15, 0.2) is 140 Å². The van der Waals surface area contributed by atoms with Gasteiger partial charge in [0.05, 0.1) is 13.2 Å². The molecule has 626 valence electrons. The number of aromatic hydroxyl groups is 1. The highest BCUT2D eigenvalue weighted by Gasteiger charge is 2.41. The number of aliphatic hydroxyl groups is 1. The number of amidine groups is 1. The maximum atomic E-state index is 15.4. The van der Waals surface area contributed by atoms with E-state index in [2.05, 4.69) is 58.2 Å². The SMILES string of the molecule is CCCC[C@H](NC(=O)[C@@H](CCCCNC(=O)CCC(=O)Nc1ccc(C(=N)N)cc1)NC(=O)[C@H](Cc1ccc(O)cc1)N(C)C(=O)[C@H](CO)NC(=O)[C@@H](Cc1cccnc1)NC(=O)[C@@H](Cc1ccc(Cl)cc1)NC(=O)[C@@H](Cc1ccc2ccccc2c1)NC(C)=O)C(=O)N[C@@H](CCCNC(=N)N)C(=O)N1CCC[C@H]1C(=O)N(C)CC(N)=O. The summed E-state index contributed by atoms with van der Waals surface area (Å²) in [6.07, 6.45) is 3.46. The van der Waals surface area contributed by atoms with E-state index in [1.807, 2.05) is 49.4 Å². The molecule has 9 atom stereocenters. The van der Waals surface area contributed by atoms with Crippen LogP contribution in [0.5, 0.6) is 5.75 Å². The molecule has 5 aromatic carbocycles. The normalized spacial score (nSPS) is 14.3. The summed E-state index contributed by atoms with van der Waals surface area (Å²) in [7, 11) is 2.58. The Bertz CT molecular complexity index is 4470. The highest BCUT2D eigenvalue weighted by molar-refractivity contribution is 6.30. The fourth-order valence-corrected chi connectivity index (χ4v) is 13.4. The molecule has 7 rings (SSSR count). The van der Waals surface area contributed by atoms with Crippen LogP contribution >= 0.6 is 11.6 Å². The van der Waals surface area contributed by atoms with E-state index in [9.17, 15) is 58.2 Å². The Morgan fingerprint density at radius 1 is 0.573 bits per heavy atom. The number of anilines is 1. The van der Waals surface area contributed by atoms with Gasteiger partial charge < -0.3 is 95.3 Å². The first-order chi connectivity index (χ1) is 55.9. The number of phenols is 1. The predicted octanol–water partition coefficient (Wildman–Crippen LogP) is 1.47. The van der Waals surface area contributed by atoms with Crippen LogP contribution in [0.1, 0.15) is 119 Å². The number of nitrogens with one attached hydrogen (secondary N) is 12. The van der Waals surface area contributed by atoms with Crippen LogP contribution in [0, 0.1) is 10.8 Å². The third kappa shape index (κ3) is 29.6. The van der Waals surface area contributed by atoms with Crippen LogP contribution in [0.3, 0.4) is 0 Å². The molecule has 1 aliphatic rings. The minimum atomic E-state index is -1.86. The first-order valence-corrected chi connectivity index (χ1v) is 39.1. The van der Waals surface area contributed by atoms with Crippen molar-refractivity contribution in [1.82, 2.24) is 67.5 Å². The van der Waals surface area contributed by atoms with E-state index in [0.29, 0.717) is 57.8 Å². The summed E-state index contributed by atoms with van der Waals surface area (Å²) < 4.78 is 0. The zero-order valence-corrected chi connectivity index (χ0v) is 66.7. The van der Waals surface area contributed by atoms with Gasteiger partial charge in [-0.25, -0.2) is 0 Å². The number of guanidine groups is 1. The quantitative estimate of drug-likeness (QED) is 0.0146. The fraction of sp³-hybridized carbons (Fsp3) is 0.415. The van der Waals surface area contributed by atoms with Gasteiger partial charge in [-0.3, -0.25) is 78.1 Å². The van der Waals surface area contributed by atoms with E-state index >= 15 is 14.4 Å². The number of rotatable bonds is 45. The number of benzene rings is 5. The van der Waals surface area contributed by atoms with Crippen LogP contribution in [0.4, 0.5) is 5.69 Å². The largest absolute Gasteiger partial charge is 0.508 e. The van der Waals surface area contributed by atoms with Gasteiger partial charge in [-0.2, -0.15) is 0 Å². The first kappa shape index (κ1) is 91.6. The number of halogens is 1. The van der Waals surface area contributed by atoms with E-state index in [-0.39, 0.29) is 121 Å². The lowest BCUT2D eigenvalue weighted by Crippen LogP contribution is -2.61. The minimum absolute atomic E-state index is 0.00350. The van der Waals surface area contributed by atoms with Gasteiger partial charge in [-0.15, -0.1) is 0 Å². The standard InChI is InChI=1S/C82H106ClN19O15/c1-5-6-17-60(74(110)96-62(19-12-39-91-82(87)88)80(116)102-40-13-20-67(102)81(117)100(3)47-69(84)106)94-73(109)61(18-9-10-38-90-70(107)35-36-71(108)93-58-31-27-55(28-32-58)72(85)86)95-78(114)68(45-51-24-33-59(105)34-25-51)101(4)79(115)66(48-103)99-77(113)65(44-53-14-11-37-89-46-53)98-76(112)64(42-50-22-29-57(83)30-23-50)97-75(111)63(92-49(2)104)43-52-21-26-54-15-7-8-16-56(54)41-52/h7-8,11,14-16,21-34,37,41,46,60-68,103,105H,5-6,9-10,12-13,17-20,35-36,38-40,42-45,47-48H2,1-4H3,(H2,84,106)(H3,85,86)(H,90,107)(H,92,104)(H,93,108)(H,94,109)(H,95,114)(H,96,110)(H,97,111)(H,98,112)(H,99,113)(H4,87,88,91)/t60-,61+,62-,63+,64+,65+,66-,67-,68-/m0/s1. The Morgan fingerprint density at radius 2 is 1.11 bits per heavy atom. The van der Waals surface area contributed by atoms with Crippen LogP contribution in [0.2, 0.25) is 5.02 Å². The molecule has 0 aliphatic carbocycles. The zero-order chi connectivity index (χ0) is 85.3. The molecule has 35 heteroatoms. The molecular formula is C82H106ClN19O15. The number of hydrogen-bond acceptors (Lipinski definition) is 18. The molecule has 0 saturated carbocycles. The van der Waals surface area contributed by atoms with E-state index < -0.39 is 144 Å². The van der Waals surface area contributed by atoms with Crippen LogP contribution < -0.4 is 70.4 Å². The molecule has 6 aromatic rings. The van der Waals surface area contributed by atoms with Crippen molar-refractivity contribution in [2.45, 2.75) is 171 Å². The molecule has 2 heterocycles. The van der Waals surface area contributed by atoms with E-state index in [1.165, 1.54) is 62.6 Å². The van der Waals surface area contributed by atoms with Gasteiger partial charge in [-0.05, 0) is 139 Å². The fourth-order valence-electron chi connectivity index (χ4n) is 13.3. The molecule has 0 radical (unpaired) electrons. The van der Waals surface area contributed by atoms with E-state index in [4.69, 9.17) is 39.6 Å². The monoisotopic (exact) mass is 1630 g/mol. The average Bonchev–Trinajstić information content (AvgIpc) is 1.79. The molecule has 34 nitrogen and oxygen atoms in total. The van der Waals surface area contributed by atoms with Crippen molar-refractivity contribution in [3.8, 4) is 5.75 Å². The number of hydrogen-bond donors (Lipinski definition) is 17. The summed E-state index contributed by atoms with van der Waals surface area (Å²) in [6, 6.07) is 21.7. The van der Waals surface area contributed by atoms with Crippen molar-refractivity contribution >= 4 is 117 Å². The third-order valence-electron chi connectivity index (χ3n) is 19.6. The maximum absolute atomic E-state index is 15.4. The molecule has 1 fully saturated rings. The van der Waals surface area contributed by atoms with Crippen LogP contribution in [-0.2, 0) is 88.0 Å².